The molecule has 0 N–H and O–H groups in total. The van der Waals surface area contributed by atoms with Crippen molar-refractivity contribution in [3.63, 3.8) is 0 Å². The molecule has 0 saturated carbocycles. The van der Waals surface area contributed by atoms with E-state index in [1.54, 1.807) is 0 Å². The highest BCUT2D eigenvalue weighted by Gasteiger charge is 2.15. The first-order valence-electron chi connectivity index (χ1n) is 6.58. The largest absolute Gasteiger partial charge is 0.467 e. The van der Waals surface area contributed by atoms with Crippen LogP contribution >= 0.6 is 0 Å². The predicted octanol–water partition coefficient (Wildman–Crippen LogP) is 3.88. The van der Waals surface area contributed by atoms with Crippen LogP contribution in [0.15, 0.2) is 11.5 Å². The van der Waals surface area contributed by atoms with Crippen LogP contribution in [0.1, 0.15) is 47.0 Å². The van der Waals surface area contributed by atoms with E-state index in [2.05, 4.69) is 40.8 Å². The van der Waals surface area contributed by atoms with Crippen molar-refractivity contribution in [2.24, 2.45) is 0 Å². The summed E-state index contributed by atoms with van der Waals surface area (Å²) in [5, 5.41) is 0. The molecule has 0 aromatic rings. The fraction of sp³-hybridized carbons (Fsp3) is 0.846. The van der Waals surface area contributed by atoms with E-state index >= 15 is 0 Å². The molecule has 3 heteroatoms. The second-order valence-electron chi connectivity index (χ2n) is 4.51. The van der Waals surface area contributed by atoms with Crippen LogP contribution in [0.5, 0.6) is 0 Å². The van der Waals surface area contributed by atoms with Gasteiger partial charge in [-0.2, -0.15) is 0 Å². The molecule has 0 radical (unpaired) electrons. The second-order valence-corrected chi connectivity index (χ2v) is 7.94. The molecule has 0 saturated heterocycles. The SMILES string of the molecule is CCCOC(OC(C)[SiH](C)C)=C(CC)CC. The highest BCUT2D eigenvalue weighted by molar-refractivity contribution is 6.57. The monoisotopic (exact) mass is 244 g/mol. The van der Waals surface area contributed by atoms with Crippen LogP contribution in [0, 0.1) is 0 Å². The van der Waals surface area contributed by atoms with Gasteiger partial charge in [0.25, 0.3) is 5.95 Å². The van der Waals surface area contributed by atoms with E-state index in [9.17, 15) is 0 Å². The summed E-state index contributed by atoms with van der Waals surface area (Å²) in [5.74, 6) is 0.806. The summed E-state index contributed by atoms with van der Waals surface area (Å²) < 4.78 is 11.7. The summed E-state index contributed by atoms with van der Waals surface area (Å²) >= 11 is 0. The van der Waals surface area contributed by atoms with Gasteiger partial charge in [0.05, 0.1) is 21.1 Å². The lowest BCUT2D eigenvalue weighted by atomic mass is 10.2. The third-order valence-electron chi connectivity index (χ3n) is 2.81. The smallest absolute Gasteiger partial charge is 0.278 e. The summed E-state index contributed by atoms with van der Waals surface area (Å²) in [6, 6.07) is 0. The fourth-order valence-electron chi connectivity index (χ4n) is 1.26. The van der Waals surface area contributed by atoms with Gasteiger partial charge in [0.2, 0.25) is 0 Å². The second kappa shape index (κ2) is 8.68. The third kappa shape index (κ3) is 5.59. The lowest BCUT2D eigenvalue weighted by Crippen LogP contribution is -2.25. The minimum Gasteiger partial charge on any atom is -0.467 e. The number of hydrogen-bond donors (Lipinski definition) is 0. The van der Waals surface area contributed by atoms with Gasteiger partial charge < -0.3 is 9.47 Å². The van der Waals surface area contributed by atoms with Crippen LogP contribution in [-0.2, 0) is 9.47 Å². The van der Waals surface area contributed by atoms with E-state index in [4.69, 9.17) is 9.47 Å². The van der Waals surface area contributed by atoms with E-state index in [1.807, 2.05) is 0 Å². The Bertz CT molecular complexity index is 206. The minimum absolute atomic E-state index is 0.347. The molecule has 1 unspecified atom stereocenters. The molecule has 0 rings (SSSR count). The molecule has 1 atom stereocenters. The maximum atomic E-state index is 5.98. The molecule has 0 aliphatic carbocycles. The van der Waals surface area contributed by atoms with Gasteiger partial charge in [0, 0.05) is 5.57 Å². The Morgan fingerprint density at radius 3 is 2.06 bits per heavy atom. The van der Waals surface area contributed by atoms with Crippen LogP contribution in [0.25, 0.3) is 0 Å². The molecular formula is C13H28O2Si. The molecule has 0 aromatic heterocycles. The molecular weight excluding hydrogens is 216 g/mol. The molecule has 0 bridgehead atoms. The minimum atomic E-state index is -0.754. The quantitative estimate of drug-likeness (QED) is 0.476. The van der Waals surface area contributed by atoms with Gasteiger partial charge in [-0.15, -0.1) is 0 Å². The van der Waals surface area contributed by atoms with Crippen LogP contribution < -0.4 is 0 Å². The van der Waals surface area contributed by atoms with Crippen LogP contribution in [0.2, 0.25) is 13.1 Å². The van der Waals surface area contributed by atoms with Crippen LogP contribution in [0.3, 0.4) is 0 Å². The Kier molecular flexibility index (Phi) is 8.44. The molecule has 0 amide bonds. The van der Waals surface area contributed by atoms with E-state index < -0.39 is 8.80 Å². The molecule has 0 aromatic carbocycles. The molecule has 0 aliphatic rings. The van der Waals surface area contributed by atoms with Gasteiger partial charge in [-0.05, 0) is 26.2 Å². The zero-order valence-corrected chi connectivity index (χ0v) is 13.0. The summed E-state index contributed by atoms with van der Waals surface area (Å²) in [6.45, 7) is 14.0. The van der Waals surface area contributed by atoms with Crippen molar-refractivity contribution in [3.05, 3.63) is 11.5 Å². The molecule has 0 fully saturated rings. The molecule has 0 heterocycles. The molecule has 0 spiro atoms. The molecule has 0 aliphatic heterocycles. The van der Waals surface area contributed by atoms with Gasteiger partial charge in [-0.1, -0.05) is 33.9 Å². The highest BCUT2D eigenvalue weighted by Crippen LogP contribution is 2.18. The summed E-state index contributed by atoms with van der Waals surface area (Å²) in [5.41, 5.74) is 1.65. The summed E-state index contributed by atoms with van der Waals surface area (Å²) in [7, 11) is -0.754. The lowest BCUT2D eigenvalue weighted by Gasteiger charge is -2.22. The Labute approximate surface area is 103 Å². The Balaban J connectivity index is 4.59. The molecule has 16 heavy (non-hydrogen) atoms. The van der Waals surface area contributed by atoms with Crippen molar-refractivity contribution in [1.29, 1.82) is 0 Å². The Morgan fingerprint density at radius 1 is 1.12 bits per heavy atom. The lowest BCUT2D eigenvalue weighted by molar-refractivity contribution is 0.0200. The Hall–Kier alpha value is -0.443. The van der Waals surface area contributed by atoms with Crippen molar-refractivity contribution >= 4 is 8.80 Å². The first kappa shape index (κ1) is 15.6. The van der Waals surface area contributed by atoms with Crippen molar-refractivity contribution in [3.8, 4) is 0 Å². The van der Waals surface area contributed by atoms with Crippen molar-refractivity contribution in [2.75, 3.05) is 6.61 Å². The highest BCUT2D eigenvalue weighted by atomic mass is 28.3. The predicted molar refractivity (Wildman–Crippen MR) is 73.3 cm³/mol. The van der Waals surface area contributed by atoms with Crippen LogP contribution in [0.4, 0.5) is 0 Å². The van der Waals surface area contributed by atoms with Crippen molar-refractivity contribution < 1.29 is 9.47 Å². The van der Waals surface area contributed by atoms with Gasteiger partial charge in [-0.3, -0.25) is 0 Å². The number of rotatable bonds is 8. The number of ether oxygens (including phenoxy) is 2. The zero-order valence-electron chi connectivity index (χ0n) is 11.8. The van der Waals surface area contributed by atoms with Gasteiger partial charge >= 0.3 is 0 Å². The Morgan fingerprint density at radius 2 is 1.69 bits per heavy atom. The number of hydrogen-bond acceptors (Lipinski definition) is 2. The molecule has 2 nitrogen and oxygen atoms in total. The standard InChI is InChI=1S/C13H28O2Si/c1-7-10-14-13(12(8-2)9-3)15-11(4)16(5)6/h11,16H,7-10H2,1-6H3. The maximum absolute atomic E-state index is 5.98. The number of allylic oxidation sites excluding steroid dienone is 1. The van der Waals surface area contributed by atoms with Crippen molar-refractivity contribution in [1.82, 2.24) is 0 Å². The average Bonchev–Trinajstić information content (AvgIpc) is 2.26. The average molecular weight is 244 g/mol. The van der Waals surface area contributed by atoms with E-state index in [0.29, 0.717) is 5.73 Å². The fourth-order valence-corrected chi connectivity index (χ4v) is 1.65. The van der Waals surface area contributed by atoms with Gasteiger partial charge in [-0.25, -0.2) is 0 Å². The van der Waals surface area contributed by atoms with E-state index in [0.717, 1.165) is 31.8 Å². The van der Waals surface area contributed by atoms with Crippen LogP contribution in [-0.4, -0.2) is 21.1 Å². The maximum Gasteiger partial charge on any atom is 0.278 e. The van der Waals surface area contributed by atoms with E-state index in [1.165, 1.54) is 5.57 Å². The van der Waals surface area contributed by atoms with E-state index in [-0.39, 0.29) is 0 Å². The topological polar surface area (TPSA) is 18.5 Å². The van der Waals surface area contributed by atoms with Gasteiger partial charge in [0.15, 0.2) is 0 Å². The summed E-state index contributed by atoms with van der Waals surface area (Å²) in [6.07, 6.45) is 3.06. The van der Waals surface area contributed by atoms with Gasteiger partial charge in [0.1, 0.15) is 0 Å². The normalized spacial score (nSPS) is 12.4. The first-order chi connectivity index (χ1) is 7.56. The third-order valence-corrected chi connectivity index (χ3v) is 4.83. The summed E-state index contributed by atoms with van der Waals surface area (Å²) in [4.78, 5) is 0. The van der Waals surface area contributed by atoms with Crippen molar-refractivity contribution in [2.45, 2.75) is 65.8 Å². The zero-order chi connectivity index (χ0) is 12.6. The molecule has 96 valence electrons. The first-order valence-corrected chi connectivity index (χ1v) is 9.55.